The maximum absolute atomic E-state index is 11.6. The highest BCUT2D eigenvalue weighted by Gasteiger charge is 2.20. The van der Waals surface area contributed by atoms with Gasteiger partial charge in [0, 0.05) is 49.9 Å². The Hall–Kier alpha value is -1.62. The van der Waals surface area contributed by atoms with Crippen molar-refractivity contribution in [1.29, 1.82) is 0 Å². The van der Waals surface area contributed by atoms with Gasteiger partial charge in [0.2, 0.25) is 5.91 Å². The zero-order valence-electron chi connectivity index (χ0n) is 13.5. The van der Waals surface area contributed by atoms with Crippen LogP contribution >= 0.6 is 0 Å². The summed E-state index contributed by atoms with van der Waals surface area (Å²) in [6.45, 7) is 7.39. The number of rotatable bonds is 6. The number of likely N-dealkylation sites (N-methyl/N-ethyl adjacent to an activating group) is 1. The third-order valence-corrected chi connectivity index (χ3v) is 4.09. The Balaban J connectivity index is 1.93. The summed E-state index contributed by atoms with van der Waals surface area (Å²) in [7, 11) is 3.76. The number of methoxy groups -OCH3 is 1. The van der Waals surface area contributed by atoms with E-state index in [0.717, 1.165) is 55.2 Å². The molecule has 21 heavy (non-hydrogen) atoms. The number of ether oxygens (including phenoxy) is 1. The van der Waals surface area contributed by atoms with Crippen molar-refractivity contribution >= 4 is 5.91 Å². The minimum Gasteiger partial charge on any atom is -0.496 e. The van der Waals surface area contributed by atoms with Gasteiger partial charge in [0.1, 0.15) is 5.75 Å². The standard InChI is InChI=1S/C16H25N3O2/c1-12-10-17-14(13(2)16(12)21-4)11-18(3)8-9-19-7-5-6-15(19)20/h10H,5-9,11H2,1-4H3. The molecule has 1 saturated heterocycles. The summed E-state index contributed by atoms with van der Waals surface area (Å²) >= 11 is 0. The molecule has 1 aromatic heterocycles. The molecule has 1 aromatic rings. The van der Waals surface area contributed by atoms with Gasteiger partial charge in [0.05, 0.1) is 12.8 Å². The second-order valence-electron chi connectivity index (χ2n) is 5.77. The van der Waals surface area contributed by atoms with Gasteiger partial charge in [-0.1, -0.05) is 0 Å². The molecule has 0 radical (unpaired) electrons. The van der Waals surface area contributed by atoms with Crippen LogP contribution in [0.25, 0.3) is 0 Å². The van der Waals surface area contributed by atoms with Crippen molar-refractivity contribution in [2.24, 2.45) is 0 Å². The Kier molecular flexibility index (Phi) is 5.17. The quantitative estimate of drug-likeness (QED) is 0.801. The van der Waals surface area contributed by atoms with Crippen molar-refractivity contribution in [2.75, 3.05) is 33.8 Å². The first-order valence-electron chi connectivity index (χ1n) is 7.48. The van der Waals surface area contributed by atoms with Gasteiger partial charge < -0.3 is 9.64 Å². The number of aryl methyl sites for hydroxylation is 1. The molecule has 1 amide bonds. The summed E-state index contributed by atoms with van der Waals surface area (Å²) in [4.78, 5) is 20.3. The minimum absolute atomic E-state index is 0.287. The first-order chi connectivity index (χ1) is 10.0. The molecule has 1 aliphatic rings. The summed E-state index contributed by atoms with van der Waals surface area (Å²) in [6.07, 6.45) is 3.57. The number of likely N-dealkylation sites (tertiary alicyclic amines) is 1. The van der Waals surface area contributed by atoms with Crippen molar-refractivity contribution in [2.45, 2.75) is 33.2 Å². The summed E-state index contributed by atoms with van der Waals surface area (Å²) in [6, 6.07) is 0. The lowest BCUT2D eigenvalue weighted by atomic mass is 10.1. The largest absolute Gasteiger partial charge is 0.496 e. The fourth-order valence-corrected chi connectivity index (χ4v) is 2.80. The topological polar surface area (TPSA) is 45.7 Å². The molecule has 5 nitrogen and oxygen atoms in total. The number of hydrogen-bond acceptors (Lipinski definition) is 4. The summed E-state index contributed by atoms with van der Waals surface area (Å²) in [5.74, 6) is 1.21. The summed E-state index contributed by atoms with van der Waals surface area (Å²) < 4.78 is 5.44. The second-order valence-corrected chi connectivity index (χ2v) is 5.77. The van der Waals surface area contributed by atoms with Crippen molar-refractivity contribution in [1.82, 2.24) is 14.8 Å². The monoisotopic (exact) mass is 291 g/mol. The number of pyridine rings is 1. The molecule has 2 heterocycles. The van der Waals surface area contributed by atoms with Gasteiger partial charge in [0.15, 0.2) is 0 Å². The molecule has 5 heteroatoms. The van der Waals surface area contributed by atoms with Gasteiger partial charge in [0.25, 0.3) is 0 Å². The Morgan fingerprint density at radius 3 is 2.81 bits per heavy atom. The lowest BCUT2D eigenvalue weighted by molar-refractivity contribution is -0.127. The molecule has 2 rings (SSSR count). The van der Waals surface area contributed by atoms with E-state index in [0.29, 0.717) is 6.42 Å². The lowest BCUT2D eigenvalue weighted by Crippen LogP contribution is -2.34. The van der Waals surface area contributed by atoms with Crippen LogP contribution in [0.5, 0.6) is 5.75 Å². The number of carbonyl (C=O) groups is 1. The van der Waals surface area contributed by atoms with Crippen LogP contribution in [0.4, 0.5) is 0 Å². The zero-order valence-corrected chi connectivity index (χ0v) is 13.5. The number of aromatic nitrogens is 1. The molecule has 0 unspecified atom stereocenters. The second kappa shape index (κ2) is 6.89. The zero-order chi connectivity index (χ0) is 15.4. The van der Waals surface area contributed by atoms with Gasteiger partial charge in [-0.05, 0) is 27.3 Å². The highest BCUT2D eigenvalue weighted by molar-refractivity contribution is 5.78. The van der Waals surface area contributed by atoms with E-state index in [1.165, 1.54) is 0 Å². The van der Waals surface area contributed by atoms with Gasteiger partial charge in [-0.2, -0.15) is 0 Å². The molecule has 0 bridgehead atoms. The molecule has 0 saturated carbocycles. The van der Waals surface area contributed by atoms with Crippen LogP contribution in [-0.4, -0.2) is 54.5 Å². The molecule has 0 aromatic carbocycles. The molecule has 116 valence electrons. The van der Waals surface area contributed by atoms with Crippen LogP contribution in [0.15, 0.2) is 6.20 Å². The van der Waals surface area contributed by atoms with Gasteiger partial charge in [-0.15, -0.1) is 0 Å². The number of nitrogens with zero attached hydrogens (tertiary/aromatic N) is 3. The molecule has 0 N–H and O–H groups in total. The summed E-state index contributed by atoms with van der Waals surface area (Å²) in [5.41, 5.74) is 3.19. The van der Waals surface area contributed by atoms with E-state index in [1.54, 1.807) is 7.11 Å². The maximum atomic E-state index is 11.6. The van der Waals surface area contributed by atoms with Gasteiger partial charge in [-0.25, -0.2) is 0 Å². The van der Waals surface area contributed by atoms with E-state index in [1.807, 2.05) is 24.9 Å². The van der Waals surface area contributed by atoms with Crippen molar-refractivity contribution < 1.29 is 9.53 Å². The fourth-order valence-electron chi connectivity index (χ4n) is 2.80. The number of hydrogen-bond donors (Lipinski definition) is 0. The SMILES string of the molecule is COc1c(C)cnc(CN(C)CCN2CCCC2=O)c1C. The van der Waals surface area contributed by atoms with E-state index in [9.17, 15) is 4.79 Å². The molecule has 0 aliphatic carbocycles. The third kappa shape index (κ3) is 3.73. The average molecular weight is 291 g/mol. The lowest BCUT2D eigenvalue weighted by Gasteiger charge is -2.22. The highest BCUT2D eigenvalue weighted by Crippen LogP contribution is 2.24. The van der Waals surface area contributed by atoms with Crippen LogP contribution in [0.3, 0.4) is 0 Å². The Bertz CT molecular complexity index is 516. The van der Waals surface area contributed by atoms with E-state index >= 15 is 0 Å². The molecule has 1 fully saturated rings. The van der Waals surface area contributed by atoms with Gasteiger partial charge in [-0.3, -0.25) is 14.7 Å². The van der Waals surface area contributed by atoms with Crippen LogP contribution in [0, 0.1) is 13.8 Å². The predicted octanol–water partition coefficient (Wildman–Crippen LogP) is 1.76. The van der Waals surface area contributed by atoms with Crippen LogP contribution < -0.4 is 4.74 Å². The summed E-state index contributed by atoms with van der Waals surface area (Å²) in [5, 5.41) is 0. The van der Waals surface area contributed by atoms with Crippen molar-refractivity contribution in [3.8, 4) is 5.75 Å². The van der Waals surface area contributed by atoms with Crippen molar-refractivity contribution in [3.63, 3.8) is 0 Å². The highest BCUT2D eigenvalue weighted by atomic mass is 16.5. The number of carbonyl (C=O) groups excluding carboxylic acids is 1. The van der Waals surface area contributed by atoms with Crippen LogP contribution in [0.2, 0.25) is 0 Å². The Morgan fingerprint density at radius 2 is 2.19 bits per heavy atom. The Morgan fingerprint density at radius 1 is 1.43 bits per heavy atom. The molecule has 1 aliphatic heterocycles. The minimum atomic E-state index is 0.287. The first-order valence-corrected chi connectivity index (χ1v) is 7.48. The van der Waals surface area contributed by atoms with E-state index in [4.69, 9.17) is 4.74 Å². The van der Waals surface area contributed by atoms with Crippen molar-refractivity contribution in [3.05, 3.63) is 23.0 Å². The fraction of sp³-hybridized carbons (Fsp3) is 0.625. The predicted molar refractivity (Wildman–Crippen MR) is 82.4 cm³/mol. The first kappa shape index (κ1) is 15.8. The third-order valence-electron chi connectivity index (χ3n) is 4.09. The van der Waals surface area contributed by atoms with Crippen LogP contribution in [-0.2, 0) is 11.3 Å². The van der Waals surface area contributed by atoms with Crippen LogP contribution in [0.1, 0.15) is 29.7 Å². The van der Waals surface area contributed by atoms with E-state index in [-0.39, 0.29) is 5.91 Å². The smallest absolute Gasteiger partial charge is 0.222 e. The molecular formula is C16H25N3O2. The average Bonchev–Trinajstić information content (AvgIpc) is 2.86. The molecular weight excluding hydrogens is 266 g/mol. The van der Waals surface area contributed by atoms with E-state index in [2.05, 4.69) is 16.9 Å². The molecule has 0 spiro atoms. The number of amides is 1. The van der Waals surface area contributed by atoms with E-state index < -0.39 is 0 Å². The molecule has 0 atom stereocenters. The Labute approximate surface area is 126 Å². The van der Waals surface area contributed by atoms with Gasteiger partial charge >= 0.3 is 0 Å². The normalized spacial score (nSPS) is 15.1. The maximum Gasteiger partial charge on any atom is 0.222 e.